The van der Waals surface area contributed by atoms with Crippen LogP contribution < -0.4 is 0 Å². The molecule has 0 amide bonds. The van der Waals surface area contributed by atoms with E-state index in [1.54, 1.807) is 0 Å². The fourth-order valence-corrected chi connectivity index (χ4v) is 14.5. The molecule has 0 unspecified atom stereocenters. The highest BCUT2D eigenvalue weighted by molar-refractivity contribution is 7.25. The summed E-state index contributed by atoms with van der Waals surface area (Å²) >= 11 is 1.86. The summed E-state index contributed by atoms with van der Waals surface area (Å²) in [6.45, 7) is 0. The van der Waals surface area contributed by atoms with E-state index in [1.165, 1.54) is 125 Å². The van der Waals surface area contributed by atoms with Crippen molar-refractivity contribution >= 4 is 108 Å². The van der Waals surface area contributed by atoms with Gasteiger partial charge in [-0.1, -0.05) is 170 Å². The van der Waals surface area contributed by atoms with Crippen molar-refractivity contribution in [1.82, 2.24) is 9.13 Å². The summed E-state index contributed by atoms with van der Waals surface area (Å²) in [7, 11) is 0. The minimum absolute atomic E-state index is 0.561. The van der Waals surface area contributed by atoms with Crippen LogP contribution in [0.15, 0.2) is 300 Å². The summed E-state index contributed by atoms with van der Waals surface area (Å²) in [5.41, 5.74) is 22.9. The van der Waals surface area contributed by atoms with Gasteiger partial charge in [0.1, 0.15) is 11.2 Å². The van der Waals surface area contributed by atoms with E-state index in [9.17, 15) is 0 Å². The number of hydrogen-bond acceptors (Lipinski definition) is 3. The normalized spacial score (nSPS) is 12.0. The highest BCUT2D eigenvalue weighted by Gasteiger charge is 2.20. The Labute approximate surface area is 492 Å². The monoisotopic (exact) mass is 1100 g/mol. The van der Waals surface area contributed by atoms with E-state index in [0.29, 0.717) is 5.78 Å². The van der Waals surface area contributed by atoms with E-state index >= 15 is 0 Å². The van der Waals surface area contributed by atoms with Crippen molar-refractivity contribution in [3.8, 4) is 78.1 Å². The Hall–Kier alpha value is -11.0. The lowest BCUT2D eigenvalue weighted by Crippen LogP contribution is -1.93. The number of rotatable bonds is 8. The van der Waals surface area contributed by atoms with Gasteiger partial charge in [-0.3, -0.25) is 0 Å². The molecule has 0 spiro atoms. The Balaban J connectivity index is 0.646. The van der Waals surface area contributed by atoms with Crippen molar-refractivity contribution in [3.63, 3.8) is 0 Å². The lowest BCUT2D eigenvalue weighted by molar-refractivity contribution is 0.524. The van der Waals surface area contributed by atoms with Crippen molar-refractivity contribution in [2.45, 2.75) is 0 Å². The van der Waals surface area contributed by atoms with Crippen LogP contribution in [0.25, 0.3) is 175 Å². The van der Waals surface area contributed by atoms with Crippen LogP contribution in [0.3, 0.4) is 0 Å². The smallest absolute Gasteiger partial charge is 0.299 e. The lowest BCUT2D eigenvalue weighted by Gasteiger charge is -2.11. The third-order valence-corrected chi connectivity index (χ3v) is 18.7. The van der Waals surface area contributed by atoms with E-state index in [-0.39, 0.29) is 0 Å². The summed E-state index contributed by atoms with van der Waals surface area (Å²) in [5, 5.41) is 10.6. The molecule has 18 aromatic rings. The van der Waals surface area contributed by atoms with Crippen molar-refractivity contribution in [1.29, 1.82) is 0 Å². The van der Waals surface area contributed by atoms with Crippen LogP contribution in [0, 0.1) is 0 Å². The molecule has 0 aliphatic rings. The minimum atomic E-state index is 0.561. The Morgan fingerprint density at radius 2 is 0.600 bits per heavy atom. The molecule has 0 fully saturated rings. The van der Waals surface area contributed by atoms with E-state index in [4.69, 9.17) is 8.83 Å². The zero-order valence-corrected chi connectivity index (χ0v) is 46.6. The molecule has 0 bridgehead atoms. The number of fused-ring (bicyclic) bond motifs is 14. The number of benzene rings is 13. The molecular weight excluding hydrogens is 1050 g/mol. The third kappa shape index (κ3) is 7.68. The standard InChI is InChI=1S/C80H48N2O2S/c1-2-22-61(23-3-1)81-71-27-7-4-24-63(71)66-44-57(30-35-73(66)81)53-18-11-16-51(41-53)49-14-10-15-50(40-49)52-17-12-20-55(42-52)59-32-38-77-68(46-59)69-47-60(33-39-78(69)85-77)56-21-13-19-54(43-56)58-31-36-74-67(45-58)64-25-5-8-28-72(64)82(74)62-34-37-76-70(48-62)79-65-26-6-9-29-75(65)83-80(79)84-76/h1-48H. The van der Waals surface area contributed by atoms with Crippen molar-refractivity contribution in [2.75, 3.05) is 0 Å². The van der Waals surface area contributed by atoms with Crippen LogP contribution >= 0.6 is 11.3 Å². The summed E-state index contributed by atoms with van der Waals surface area (Å²) in [5.74, 6) is 0.561. The molecule has 0 saturated heterocycles. The molecule has 5 heterocycles. The molecule has 0 aliphatic heterocycles. The second-order valence-corrected chi connectivity index (χ2v) is 23.5. The van der Waals surface area contributed by atoms with Gasteiger partial charge in [0.15, 0.2) is 0 Å². The number of furan rings is 2. The van der Waals surface area contributed by atoms with Crippen LogP contribution in [-0.2, 0) is 0 Å². The maximum absolute atomic E-state index is 6.23. The van der Waals surface area contributed by atoms with Gasteiger partial charge < -0.3 is 18.0 Å². The second-order valence-electron chi connectivity index (χ2n) is 22.4. The van der Waals surface area contributed by atoms with Crippen molar-refractivity contribution in [3.05, 3.63) is 291 Å². The topological polar surface area (TPSA) is 36.1 Å². The van der Waals surface area contributed by atoms with Gasteiger partial charge in [-0.25, -0.2) is 0 Å². The molecule has 0 N–H and O–H groups in total. The first kappa shape index (κ1) is 47.6. The molecule has 5 heteroatoms. The fraction of sp³-hybridized carbons (Fsp3) is 0. The molecule has 0 atom stereocenters. The summed E-state index contributed by atoms with van der Waals surface area (Å²) in [6, 6.07) is 107. The molecule has 13 aromatic carbocycles. The maximum Gasteiger partial charge on any atom is 0.299 e. The zero-order valence-electron chi connectivity index (χ0n) is 45.8. The molecule has 0 radical (unpaired) electrons. The van der Waals surface area contributed by atoms with Gasteiger partial charge in [0, 0.05) is 63.9 Å². The fourth-order valence-electron chi connectivity index (χ4n) is 13.5. The molecular formula is C80H48N2O2S. The van der Waals surface area contributed by atoms with E-state index in [0.717, 1.165) is 44.0 Å². The molecule has 85 heavy (non-hydrogen) atoms. The molecule has 5 aromatic heterocycles. The summed E-state index contributed by atoms with van der Waals surface area (Å²) in [4.78, 5) is 0. The quantitative estimate of drug-likeness (QED) is 0.152. The van der Waals surface area contributed by atoms with E-state index in [2.05, 4.69) is 288 Å². The average Bonchev–Trinajstić information content (AvgIpc) is 2.12. The lowest BCUT2D eigenvalue weighted by atomic mass is 9.94. The van der Waals surface area contributed by atoms with Crippen LogP contribution in [-0.4, -0.2) is 9.13 Å². The Morgan fingerprint density at radius 3 is 1.09 bits per heavy atom. The van der Waals surface area contributed by atoms with Crippen molar-refractivity contribution in [2.24, 2.45) is 0 Å². The Morgan fingerprint density at radius 1 is 0.224 bits per heavy atom. The van der Waals surface area contributed by atoms with Gasteiger partial charge in [0.05, 0.1) is 27.5 Å². The number of nitrogens with zero attached hydrogens (tertiary/aromatic N) is 2. The Bertz CT molecular complexity index is 5750. The SMILES string of the molecule is c1ccc(-n2c3ccccc3c3cc(-c4cccc(-c5cccc(-c6cccc(-c7ccc8sc9ccc(-c%10cccc(-c%11ccc%12c(c%11)c%11ccccc%11n%12-c%11ccc%12oc%13oc%14ccccc%14c%13c%12c%11)c%10)cc9c8c7)c6)c5)c4)ccc32)cc1. The number of thiophene rings is 1. The Kier molecular flexibility index (Phi) is 10.5. The highest BCUT2D eigenvalue weighted by atomic mass is 32.1. The maximum atomic E-state index is 6.23. The van der Waals surface area contributed by atoms with Gasteiger partial charge in [-0.05, 0) is 188 Å². The number of hydrogen-bond donors (Lipinski definition) is 0. The van der Waals surface area contributed by atoms with E-state index in [1.807, 2.05) is 23.5 Å². The molecule has 4 nitrogen and oxygen atoms in total. The predicted octanol–water partition coefficient (Wildman–Crippen LogP) is 22.9. The van der Waals surface area contributed by atoms with Crippen LogP contribution in [0.4, 0.5) is 0 Å². The zero-order chi connectivity index (χ0) is 55.7. The molecule has 396 valence electrons. The summed E-state index contributed by atoms with van der Waals surface area (Å²) in [6.07, 6.45) is 0. The van der Waals surface area contributed by atoms with Gasteiger partial charge >= 0.3 is 0 Å². The predicted molar refractivity (Wildman–Crippen MR) is 358 cm³/mol. The number of aromatic nitrogens is 2. The van der Waals surface area contributed by atoms with Gasteiger partial charge in [-0.15, -0.1) is 11.3 Å². The minimum Gasteiger partial charge on any atom is -0.425 e. The summed E-state index contributed by atoms with van der Waals surface area (Å²) < 4.78 is 19.7. The third-order valence-electron chi connectivity index (χ3n) is 17.5. The van der Waals surface area contributed by atoms with Gasteiger partial charge in [0.2, 0.25) is 0 Å². The second kappa shape index (κ2) is 18.8. The van der Waals surface area contributed by atoms with Gasteiger partial charge in [0.25, 0.3) is 5.78 Å². The van der Waals surface area contributed by atoms with Gasteiger partial charge in [-0.2, -0.15) is 0 Å². The molecule has 0 aliphatic carbocycles. The van der Waals surface area contributed by atoms with Crippen LogP contribution in [0.5, 0.6) is 0 Å². The number of para-hydroxylation sites is 4. The largest absolute Gasteiger partial charge is 0.425 e. The van der Waals surface area contributed by atoms with Crippen LogP contribution in [0.1, 0.15) is 0 Å². The van der Waals surface area contributed by atoms with E-state index < -0.39 is 0 Å². The first-order chi connectivity index (χ1) is 42.1. The average molecular weight is 1100 g/mol. The highest BCUT2D eigenvalue weighted by Crippen LogP contribution is 2.44. The van der Waals surface area contributed by atoms with Crippen LogP contribution in [0.2, 0.25) is 0 Å². The van der Waals surface area contributed by atoms with Crippen molar-refractivity contribution < 1.29 is 8.83 Å². The first-order valence-electron chi connectivity index (χ1n) is 28.9. The molecule has 0 saturated carbocycles. The first-order valence-corrected chi connectivity index (χ1v) is 29.8. The molecule has 18 rings (SSSR count).